The van der Waals surface area contributed by atoms with Gasteiger partial charge in [0, 0.05) is 6.42 Å². The van der Waals surface area contributed by atoms with E-state index in [1.54, 1.807) is 0 Å². The Hall–Kier alpha value is -1.83. The van der Waals surface area contributed by atoms with Crippen molar-refractivity contribution in [3.05, 3.63) is 54.3 Å². The Morgan fingerprint density at radius 3 is 2.53 bits per heavy atom. The first-order valence-electron chi connectivity index (χ1n) is 4.85. The van der Waals surface area contributed by atoms with Crippen LogP contribution in [-0.4, -0.2) is 6.29 Å². The van der Waals surface area contributed by atoms with Gasteiger partial charge in [-0.05, 0) is 12.1 Å². The summed E-state index contributed by atoms with van der Waals surface area (Å²) < 4.78 is 5.58. The predicted molar refractivity (Wildman–Crippen MR) is 60.6 cm³/mol. The number of benzene rings is 1. The minimum absolute atomic E-state index is 0.501. The van der Waals surface area contributed by atoms with Gasteiger partial charge in [0.05, 0.1) is 5.57 Å². The van der Waals surface area contributed by atoms with Gasteiger partial charge in [-0.25, -0.2) is 0 Å². The summed E-state index contributed by atoms with van der Waals surface area (Å²) in [5.41, 5.74) is 0.501. The van der Waals surface area contributed by atoms with Crippen LogP contribution >= 0.6 is 0 Å². The number of allylic oxidation sites excluding steroid dienone is 3. The number of aldehydes is 1. The summed E-state index contributed by atoms with van der Waals surface area (Å²) >= 11 is 0. The van der Waals surface area contributed by atoms with Gasteiger partial charge in [0.1, 0.15) is 11.5 Å². The molecule has 0 spiro atoms. The number of ether oxygens (including phenoxy) is 1. The van der Waals surface area contributed by atoms with Crippen molar-refractivity contribution >= 4 is 6.29 Å². The average Bonchev–Trinajstić information content (AvgIpc) is 2.30. The molecule has 0 aliphatic carbocycles. The second-order valence-electron chi connectivity index (χ2n) is 2.97. The molecule has 0 saturated heterocycles. The lowest BCUT2D eigenvalue weighted by Gasteiger charge is -2.09. The largest absolute Gasteiger partial charge is 0.461 e. The topological polar surface area (TPSA) is 26.3 Å². The second-order valence-corrected chi connectivity index (χ2v) is 2.97. The third-order valence-corrected chi connectivity index (χ3v) is 1.97. The van der Waals surface area contributed by atoms with E-state index in [0.717, 1.165) is 12.0 Å². The molecule has 0 aromatic heterocycles. The van der Waals surface area contributed by atoms with Crippen LogP contribution < -0.4 is 4.74 Å². The normalized spacial score (nSPS) is 11.5. The fourth-order valence-electron chi connectivity index (χ4n) is 1.19. The highest BCUT2D eigenvalue weighted by atomic mass is 16.5. The van der Waals surface area contributed by atoms with Gasteiger partial charge >= 0.3 is 0 Å². The molecule has 0 fully saturated rings. The van der Waals surface area contributed by atoms with Crippen LogP contribution in [0.4, 0.5) is 0 Å². The Morgan fingerprint density at radius 1 is 1.40 bits per heavy atom. The summed E-state index contributed by atoms with van der Waals surface area (Å²) in [6, 6.07) is 9.38. The van der Waals surface area contributed by atoms with Crippen molar-refractivity contribution in [1.29, 1.82) is 0 Å². The van der Waals surface area contributed by atoms with Crippen molar-refractivity contribution in [3.8, 4) is 5.75 Å². The molecule has 0 atom stereocenters. The van der Waals surface area contributed by atoms with E-state index in [9.17, 15) is 4.79 Å². The molecule has 0 aliphatic heterocycles. The van der Waals surface area contributed by atoms with E-state index in [4.69, 9.17) is 4.74 Å². The molecule has 0 heterocycles. The lowest BCUT2D eigenvalue weighted by Crippen LogP contribution is -1.99. The Labute approximate surface area is 89.9 Å². The molecule has 1 aromatic carbocycles. The fourth-order valence-corrected chi connectivity index (χ4v) is 1.19. The Kier molecular flexibility index (Phi) is 4.35. The van der Waals surface area contributed by atoms with Crippen LogP contribution in [0, 0.1) is 0 Å². The average molecular weight is 202 g/mol. The number of para-hydroxylation sites is 1. The summed E-state index contributed by atoms with van der Waals surface area (Å²) in [6.45, 7) is 5.51. The Bertz CT molecular complexity index is 353. The van der Waals surface area contributed by atoms with Crippen LogP contribution in [0.2, 0.25) is 0 Å². The van der Waals surface area contributed by atoms with Gasteiger partial charge in [-0.3, -0.25) is 4.79 Å². The van der Waals surface area contributed by atoms with Crippen molar-refractivity contribution in [1.82, 2.24) is 0 Å². The molecular formula is C13H14O2. The first-order valence-corrected chi connectivity index (χ1v) is 4.85. The van der Waals surface area contributed by atoms with Crippen LogP contribution in [0.25, 0.3) is 0 Å². The first-order chi connectivity index (χ1) is 7.31. The molecule has 0 unspecified atom stereocenters. The van der Waals surface area contributed by atoms with Crippen LogP contribution in [0.1, 0.15) is 13.3 Å². The van der Waals surface area contributed by atoms with Crippen molar-refractivity contribution in [2.45, 2.75) is 13.3 Å². The van der Waals surface area contributed by atoms with E-state index < -0.39 is 0 Å². The highest BCUT2D eigenvalue weighted by Crippen LogP contribution is 2.17. The van der Waals surface area contributed by atoms with Gasteiger partial charge in [-0.15, -0.1) is 0 Å². The summed E-state index contributed by atoms with van der Waals surface area (Å²) in [6.07, 6.45) is 2.93. The Balaban J connectivity index is 2.91. The zero-order chi connectivity index (χ0) is 11.1. The molecule has 0 bridgehead atoms. The van der Waals surface area contributed by atoms with E-state index in [1.165, 1.54) is 6.08 Å². The minimum atomic E-state index is 0.501. The SMILES string of the molecule is C=C/C(C=O)=C(\CC)Oc1ccccc1. The van der Waals surface area contributed by atoms with Gasteiger partial charge in [-0.2, -0.15) is 0 Å². The zero-order valence-electron chi connectivity index (χ0n) is 8.77. The maximum absolute atomic E-state index is 10.7. The molecule has 2 nitrogen and oxygen atoms in total. The number of rotatable bonds is 5. The van der Waals surface area contributed by atoms with Crippen LogP contribution in [0.15, 0.2) is 54.3 Å². The smallest absolute Gasteiger partial charge is 0.153 e. The van der Waals surface area contributed by atoms with Gasteiger partial charge in [0.15, 0.2) is 6.29 Å². The molecule has 0 radical (unpaired) electrons. The monoisotopic (exact) mass is 202 g/mol. The molecule has 0 N–H and O–H groups in total. The molecule has 15 heavy (non-hydrogen) atoms. The lowest BCUT2D eigenvalue weighted by molar-refractivity contribution is -0.104. The predicted octanol–water partition coefficient (Wildman–Crippen LogP) is 3.11. The van der Waals surface area contributed by atoms with Gasteiger partial charge in [-0.1, -0.05) is 37.8 Å². The fraction of sp³-hybridized carbons (Fsp3) is 0.154. The number of carbonyl (C=O) groups is 1. The standard InChI is InChI=1S/C13H14O2/c1-3-11(10-14)13(4-2)15-12-8-6-5-7-9-12/h3,5-10H,1,4H2,2H3/b13-11-. The zero-order valence-corrected chi connectivity index (χ0v) is 8.77. The summed E-state index contributed by atoms with van der Waals surface area (Å²) in [5.74, 6) is 1.38. The molecule has 0 saturated carbocycles. The first kappa shape index (κ1) is 11.2. The molecule has 2 heteroatoms. The quantitative estimate of drug-likeness (QED) is 0.317. The van der Waals surface area contributed by atoms with E-state index in [1.807, 2.05) is 37.3 Å². The summed E-state index contributed by atoms with van der Waals surface area (Å²) in [5, 5.41) is 0. The molecular weight excluding hydrogens is 188 g/mol. The highest BCUT2D eigenvalue weighted by Gasteiger charge is 2.03. The molecule has 0 aliphatic rings. The van der Waals surface area contributed by atoms with Crippen molar-refractivity contribution in [2.75, 3.05) is 0 Å². The molecule has 1 rings (SSSR count). The van der Waals surface area contributed by atoms with Crippen molar-refractivity contribution in [3.63, 3.8) is 0 Å². The third kappa shape index (κ3) is 3.09. The molecule has 1 aromatic rings. The number of hydrogen-bond acceptors (Lipinski definition) is 2. The highest BCUT2D eigenvalue weighted by molar-refractivity contribution is 5.78. The van der Waals surface area contributed by atoms with E-state index in [0.29, 0.717) is 17.8 Å². The van der Waals surface area contributed by atoms with Crippen LogP contribution in [0.5, 0.6) is 5.75 Å². The minimum Gasteiger partial charge on any atom is -0.461 e. The number of carbonyl (C=O) groups excluding carboxylic acids is 1. The van der Waals surface area contributed by atoms with Crippen molar-refractivity contribution in [2.24, 2.45) is 0 Å². The lowest BCUT2D eigenvalue weighted by atomic mass is 10.2. The number of hydrogen-bond donors (Lipinski definition) is 0. The van der Waals surface area contributed by atoms with Gasteiger partial charge in [0.2, 0.25) is 0 Å². The van der Waals surface area contributed by atoms with E-state index >= 15 is 0 Å². The van der Waals surface area contributed by atoms with E-state index in [2.05, 4.69) is 6.58 Å². The second kappa shape index (κ2) is 5.81. The van der Waals surface area contributed by atoms with Gasteiger partial charge < -0.3 is 4.74 Å². The van der Waals surface area contributed by atoms with Gasteiger partial charge in [0.25, 0.3) is 0 Å². The summed E-state index contributed by atoms with van der Waals surface area (Å²) in [4.78, 5) is 10.7. The Morgan fingerprint density at radius 2 is 2.07 bits per heavy atom. The maximum Gasteiger partial charge on any atom is 0.153 e. The van der Waals surface area contributed by atoms with Crippen LogP contribution in [0.3, 0.4) is 0 Å². The third-order valence-electron chi connectivity index (χ3n) is 1.97. The van der Waals surface area contributed by atoms with Crippen molar-refractivity contribution < 1.29 is 9.53 Å². The maximum atomic E-state index is 10.7. The molecule has 0 amide bonds. The molecule has 78 valence electrons. The van der Waals surface area contributed by atoms with Crippen LogP contribution in [-0.2, 0) is 4.79 Å². The van der Waals surface area contributed by atoms with E-state index in [-0.39, 0.29) is 0 Å². The summed E-state index contributed by atoms with van der Waals surface area (Å²) in [7, 11) is 0.